The molecule has 0 aliphatic heterocycles. The van der Waals surface area contributed by atoms with E-state index in [0.717, 1.165) is 52.0 Å². The summed E-state index contributed by atoms with van der Waals surface area (Å²) in [5.74, 6) is -0.914. The fourth-order valence-electron chi connectivity index (χ4n) is 7.22. The van der Waals surface area contributed by atoms with Crippen LogP contribution in [0.3, 0.4) is 0 Å². The van der Waals surface area contributed by atoms with Crippen LogP contribution in [0.4, 0.5) is 0 Å². The number of carboxylic acids is 1. The highest BCUT2D eigenvalue weighted by atomic mass is 17.2. The molecule has 0 heterocycles. The highest BCUT2D eigenvalue weighted by Crippen LogP contribution is 2.22. The van der Waals surface area contributed by atoms with Crippen molar-refractivity contribution in [2.24, 2.45) is 5.41 Å². The van der Waals surface area contributed by atoms with Crippen molar-refractivity contribution in [1.29, 1.82) is 0 Å². The minimum atomic E-state index is -0.914. The number of unbranched alkanes of at least 4 members (excludes halogenated alkanes) is 22. The van der Waals surface area contributed by atoms with Gasteiger partial charge in [0.2, 0.25) is 0 Å². The predicted molar refractivity (Wildman–Crippen MR) is 267 cm³/mol. The second kappa shape index (κ2) is 54.7. The molecule has 12 heteroatoms. The van der Waals surface area contributed by atoms with Crippen LogP contribution in [0.5, 0.6) is 0 Å². The maximum Gasteiger partial charge on any atom is 0.305 e. The molecule has 0 aromatic rings. The number of aliphatic carboxylic acids is 1. The number of carbonyl (C=O) groups is 1. The fourth-order valence-corrected chi connectivity index (χ4v) is 7.22. The van der Waals surface area contributed by atoms with E-state index in [2.05, 4.69) is 55.4 Å². The number of allylic oxidation sites excluding steroid dienone is 4. The summed E-state index contributed by atoms with van der Waals surface area (Å²) in [5, 5.41) is 15.8. The molecule has 0 rings (SSSR count). The Morgan fingerprint density at radius 3 is 1.26 bits per heavy atom. The van der Waals surface area contributed by atoms with Crippen LogP contribution in [0.25, 0.3) is 0 Å². The topological polar surface area (TPSA) is 135 Å². The summed E-state index contributed by atoms with van der Waals surface area (Å²) < 4.78 is 35.5. The molecular weight excluding hydrogens is 825 g/mol. The highest BCUT2D eigenvalue weighted by Gasteiger charge is 2.33. The van der Waals surface area contributed by atoms with Gasteiger partial charge in [-0.05, 0) is 90.1 Å². The third-order valence-electron chi connectivity index (χ3n) is 11.2. The average molecular weight is 927 g/mol. The number of nitrogens with one attached hydrogen (secondary N) is 2. The van der Waals surface area contributed by atoms with E-state index in [0.29, 0.717) is 39.9 Å². The van der Waals surface area contributed by atoms with E-state index in [4.69, 9.17) is 43.3 Å². The van der Waals surface area contributed by atoms with E-state index in [9.17, 15) is 4.79 Å². The lowest BCUT2D eigenvalue weighted by molar-refractivity contribution is -0.305. The lowest BCUT2D eigenvalue weighted by Gasteiger charge is -2.33. The van der Waals surface area contributed by atoms with E-state index < -0.39 is 11.4 Å². The molecule has 0 fully saturated rings. The van der Waals surface area contributed by atoms with Crippen molar-refractivity contribution in [3.63, 3.8) is 0 Å². The van der Waals surface area contributed by atoms with Crippen molar-refractivity contribution >= 4 is 5.97 Å². The Labute approximate surface area is 399 Å². The van der Waals surface area contributed by atoms with Crippen molar-refractivity contribution in [3.8, 4) is 0 Å². The maximum absolute atomic E-state index is 11.1. The summed E-state index contributed by atoms with van der Waals surface area (Å²) in [7, 11) is 0. The van der Waals surface area contributed by atoms with Gasteiger partial charge in [0.1, 0.15) is 6.26 Å². The lowest BCUT2D eigenvalue weighted by Crippen LogP contribution is -2.42. The molecule has 0 saturated heterocycles. The van der Waals surface area contributed by atoms with Gasteiger partial charge in [-0.25, -0.2) is 0 Å². The Bertz CT molecular complexity index is 961. The molecule has 65 heavy (non-hydrogen) atoms. The third kappa shape index (κ3) is 51.4. The molecule has 0 saturated carbocycles. The Kier molecular flexibility index (Phi) is 53.2. The van der Waals surface area contributed by atoms with Gasteiger partial charge in [-0.15, -0.1) is 0 Å². The largest absolute Gasteiger partial charge is 0.481 e. The fraction of sp³-hybridized carbons (Fsp3) is 0.868. The van der Waals surface area contributed by atoms with Crippen molar-refractivity contribution < 1.29 is 48.1 Å². The second-order valence-electron chi connectivity index (χ2n) is 17.6. The summed E-state index contributed by atoms with van der Waals surface area (Å²) >= 11 is 0. The quantitative estimate of drug-likeness (QED) is 0.0134. The summed E-state index contributed by atoms with van der Waals surface area (Å²) in [5.41, 5.74) is -0.684. The molecule has 12 nitrogen and oxygen atoms in total. The van der Waals surface area contributed by atoms with Crippen LogP contribution in [-0.2, 0) is 43.0 Å². The van der Waals surface area contributed by atoms with Crippen molar-refractivity contribution in [2.75, 3.05) is 92.8 Å². The van der Waals surface area contributed by atoms with Gasteiger partial charge >= 0.3 is 5.97 Å². The van der Waals surface area contributed by atoms with Crippen LogP contribution in [0.15, 0.2) is 37.1 Å². The summed E-state index contributed by atoms with van der Waals surface area (Å²) in [6.45, 7) is 14.2. The number of rotatable bonds is 57. The van der Waals surface area contributed by atoms with Crippen LogP contribution in [-0.4, -0.2) is 104 Å². The lowest BCUT2D eigenvalue weighted by atomic mass is 9.92. The first-order chi connectivity index (χ1) is 32.1. The van der Waals surface area contributed by atoms with Crippen LogP contribution in [0.2, 0.25) is 0 Å². The molecule has 0 bridgehead atoms. The van der Waals surface area contributed by atoms with Gasteiger partial charge in [0, 0.05) is 26.4 Å². The smallest absolute Gasteiger partial charge is 0.305 e. The number of hydrogen-bond donors (Lipinski definition) is 3. The van der Waals surface area contributed by atoms with Crippen LogP contribution in [0.1, 0.15) is 200 Å². The molecule has 0 aliphatic carbocycles. The average Bonchev–Trinajstić information content (AvgIpc) is 3.30. The molecule has 3 N–H and O–H groups in total. The number of carboxylic acid groups (broad SMARTS) is 1. The molecule has 0 atom stereocenters. The van der Waals surface area contributed by atoms with Gasteiger partial charge in [0.05, 0.1) is 58.3 Å². The SMILES string of the molecule is C=COOCOCC(COCCCNCOCCCCCCC/C=C/CCCCCCCC)(COCCCNCOCCCCCCC/C=C/CCCCCCCC)COCCC(=O)O. The van der Waals surface area contributed by atoms with Gasteiger partial charge in [-0.2, -0.15) is 4.89 Å². The summed E-state index contributed by atoms with van der Waals surface area (Å²) in [6, 6.07) is 0. The van der Waals surface area contributed by atoms with Gasteiger partial charge < -0.3 is 38.4 Å². The molecule has 0 aromatic carbocycles. The Morgan fingerprint density at radius 1 is 0.477 bits per heavy atom. The highest BCUT2D eigenvalue weighted by molar-refractivity contribution is 5.66. The van der Waals surface area contributed by atoms with Crippen LogP contribution >= 0.6 is 0 Å². The Morgan fingerprint density at radius 2 is 0.846 bits per heavy atom. The zero-order valence-corrected chi connectivity index (χ0v) is 42.1. The van der Waals surface area contributed by atoms with E-state index in [1.165, 1.54) is 160 Å². The first-order valence-corrected chi connectivity index (χ1v) is 26.4. The van der Waals surface area contributed by atoms with E-state index >= 15 is 0 Å². The van der Waals surface area contributed by atoms with E-state index in [-0.39, 0.29) is 33.0 Å². The maximum atomic E-state index is 11.1. The molecular formula is C53H102N2O10. The van der Waals surface area contributed by atoms with Gasteiger partial charge in [-0.3, -0.25) is 15.4 Å². The normalized spacial score (nSPS) is 12.0. The van der Waals surface area contributed by atoms with Crippen LogP contribution in [0, 0.1) is 5.41 Å². The van der Waals surface area contributed by atoms with Gasteiger partial charge in [0.15, 0.2) is 6.79 Å². The molecule has 0 amide bonds. The van der Waals surface area contributed by atoms with E-state index in [1.54, 1.807) is 0 Å². The number of hydrogen-bond acceptors (Lipinski definition) is 11. The zero-order chi connectivity index (χ0) is 47.1. The van der Waals surface area contributed by atoms with E-state index in [1.807, 2.05) is 0 Å². The molecule has 0 radical (unpaired) electrons. The first kappa shape index (κ1) is 63.1. The standard InChI is InChI=1S/C53H102N2O10/c1-4-7-9-11-13-15-17-19-21-23-25-27-29-31-33-40-61-49-54-38-35-42-58-45-53(47-60-44-37-52(56)57,48-63-51-65-64-6-3)46-59-43-36-39-55-50-62-41-34-32-30-28-26-24-22-20-18-16-14-12-10-8-5-2/h6,19-22,54-55H,3-5,7-18,23-51H2,1-2H3,(H,56,57)/b21-19+,22-20+. The minimum absolute atomic E-state index is 0.0784. The van der Waals surface area contributed by atoms with Crippen LogP contribution < -0.4 is 10.6 Å². The van der Waals surface area contributed by atoms with Gasteiger partial charge in [0.25, 0.3) is 0 Å². The minimum Gasteiger partial charge on any atom is -0.481 e. The van der Waals surface area contributed by atoms with Crippen molar-refractivity contribution in [1.82, 2.24) is 10.6 Å². The monoisotopic (exact) mass is 927 g/mol. The molecule has 0 spiro atoms. The molecule has 0 aliphatic rings. The second-order valence-corrected chi connectivity index (χ2v) is 17.6. The predicted octanol–water partition coefficient (Wildman–Crippen LogP) is 12.8. The van der Waals surface area contributed by atoms with Crippen molar-refractivity contribution in [3.05, 3.63) is 37.1 Å². The zero-order valence-electron chi connectivity index (χ0n) is 42.1. The number of ether oxygens (including phenoxy) is 6. The molecule has 384 valence electrons. The summed E-state index contributed by atoms with van der Waals surface area (Å²) in [4.78, 5) is 20.8. The third-order valence-corrected chi connectivity index (χ3v) is 11.2. The van der Waals surface area contributed by atoms with Gasteiger partial charge in [-0.1, -0.05) is 147 Å². The Balaban J connectivity index is 4.22. The Hall–Kier alpha value is -1.87. The van der Waals surface area contributed by atoms with Crippen molar-refractivity contribution in [2.45, 2.75) is 200 Å². The molecule has 0 aromatic heterocycles. The first-order valence-electron chi connectivity index (χ1n) is 26.4. The summed E-state index contributed by atoms with van der Waals surface area (Å²) in [6.07, 6.45) is 45.8. The molecule has 0 unspecified atom stereocenters.